The summed E-state index contributed by atoms with van der Waals surface area (Å²) in [6, 6.07) is 0.637. The van der Waals surface area contributed by atoms with Crippen molar-refractivity contribution in [1.29, 1.82) is 0 Å². The van der Waals surface area contributed by atoms with Crippen molar-refractivity contribution in [1.82, 2.24) is 15.0 Å². The van der Waals surface area contributed by atoms with Gasteiger partial charge < -0.3 is 9.88 Å². The van der Waals surface area contributed by atoms with E-state index in [0.29, 0.717) is 6.04 Å². The summed E-state index contributed by atoms with van der Waals surface area (Å²) in [7, 11) is 2.13. The first kappa shape index (κ1) is 11.3. The first-order valence-corrected chi connectivity index (χ1v) is 7.06. The Morgan fingerprint density at radius 3 is 2.94 bits per heavy atom. The fourth-order valence-corrected chi connectivity index (χ4v) is 3.03. The predicted octanol–water partition coefficient (Wildman–Crippen LogP) is 2.94. The minimum atomic E-state index is 0.637. The maximum Gasteiger partial charge on any atom is 0.157 e. The Morgan fingerprint density at radius 1 is 1.41 bits per heavy atom. The number of nitrogens with zero attached hydrogens (tertiary/aromatic N) is 3. The van der Waals surface area contributed by atoms with E-state index in [4.69, 9.17) is 4.98 Å². The van der Waals surface area contributed by atoms with Gasteiger partial charge in [0.1, 0.15) is 11.3 Å². The number of hydrogen-bond acceptors (Lipinski definition) is 3. The Kier molecular flexibility index (Phi) is 2.94. The van der Waals surface area contributed by atoms with Crippen molar-refractivity contribution >= 4 is 39.6 Å². The molecule has 0 saturated heterocycles. The van der Waals surface area contributed by atoms with Gasteiger partial charge in [0.25, 0.3) is 0 Å². The highest BCUT2D eigenvalue weighted by Crippen LogP contribution is 2.27. The molecule has 4 nitrogen and oxygen atoms in total. The van der Waals surface area contributed by atoms with Gasteiger partial charge in [-0.2, -0.15) is 0 Å². The Hall–Kier alpha value is -0.850. The van der Waals surface area contributed by atoms with E-state index in [1.54, 1.807) is 0 Å². The van der Waals surface area contributed by atoms with E-state index < -0.39 is 0 Å². The number of aromatic nitrogens is 3. The van der Waals surface area contributed by atoms with Gasteiger partial charge in [-0.1, -0.05) is 12.8 Å². The molecule has 3 rings (SSSR count). The molecule has 0 aliphatic heterocycles. The lowest BCUT2D eigenvalue weighted by Crippen LogP contribution is -2.29. The standard InChI is InChI=1S/C12H15IN4/c1-17(8-4-2-3-5-8)10-7-15-12-11(16-10)9(13)6-14-12/h6-8H,2-5H2,1H3,(H,14,15). The van der Waals surface area contributed by atoms with Gasteiger partial charge >= 0.3 is 0 Å². The number of anilines is 1. The SMILES string of the molecule is CN(c1cnc2[nH]cc(I)c2n1)C1CCCC1. The highest BCUT2D eigenvalue weighted by atomic mass is 127. The van der Waals surface area contributed by atoms with E-state index in [-0.39, 0.29) is 0 Å². The van der Waals surface area contributed by atoms with Crippen LogP contribution in [0.15, 0.2) is 12.4 Å². The molecule has 90 valence electrons. The molecule has 0 radical (unpaired) electrons. The van der Waals surface area contributed by atoms with E-state index in [0.717, 1.165) is 20.6 Å². The molecule has 0 spiro atoms. The van der Waals surface area contributed by atoms with Crippen molar-refractivity contribution in [3.63, 3.8) is 0 Å². The monoisotopic (exact) mass is 342 g/mol. The molecule has 0 aromatic carbocycles. The van der Waals surface area contributed by atoms with Crippen LogP contribution in [-0.2, 0) is 0 Å². The zero-order chi connectivity index (χ0) is 11.8. The molecular formula is C12H15IN4. The number of aromatic amines is 1. The number of halogens is 1. The Bertz CT molecular complexity index is 530. The van der Waals surface area contributed by atoms with Crippen LogP contribution in [0.3, 0.4) is 0 Å². The van der Waals surface area contributed by atoms with E-state index >= 15 is 0 Å². The van der Waals surface area contributed by atoms with Gasteiger partial charge in [-0.25, -0.2) is 9.97 Å². The molecule has 1 N–H and O–H groups in total. The largest absolute Gasteiger partial charge is 0.355 e. The average molecular weight is 342 g/mol. The van der Waals surface area contributed by atoms with Crippen LogP contribution < -0.4 is 4.90 Å². The number of hydrogen-bond donors (Lipinski definition) is 1. The Morgan fingerprint density at radius 2 is 2.18 bits per heavy atom. The summed E-state index contributed by atoms with van der Waals surface area (Å²) in [6.07, 6.45) is 9.05. The summed E-state index contributed by atoms with van der Waals surface area (Å²) in [6.45, 7) is 0. The van der Waals surface area contributed by atoms with Gasteiger partial charge in [-0.3, -0.25) is 0 Å². The minimum Gasteiger partial charge on any atom is -0.355 e. The van der Waals surface area contributed by atoms with Gasteiger partial charge in [0.15, 0.2) is 5.65 Å². The molecule has 1 fully saturated rings. The van der Waals surface area contributed by atoms with E-state index in [2.05, 4.69) is 44.5 Å². The maximum absolute atomic E-state index is 4.70. The summed E-state index contributed by atoms with van der Waals surface area (Å²) in [5, 5.41) is 0. The van der Waals surface area contributed by atoms with E-state index in [9.17, 15) is 0 Å². The maximum atomic E-state index is 4.70. The zero-order valence-electron chi connectivity index (χ0n) is 9.78. The highest BCUT2D eigenvalue weighted by Gasteiger charge is 2.21. The zero-order valence-corrected chi connectivity index (χ0v) is 11.9. The molecule has 5 heteroatoms. The molecule has 2 heterocycles. The van der Waals surface area contributed by atoms with Crippen LogP contribution >= 0.6 is 22.6 Å². The first-order chi connectivity index (χ1) is 8.25. The lowest BCUT2D eigenvalue weighted by Gasteiger charge is -2.24. The normalized spacial score (nSPS) is 16.8. The number of rotatable bonds is 2. The summed E-state index contributed by atoms with van der Waals surface area (Å²) in [5.74, 6) is 0.988. The summed E-state index contributed by atoms with van der Waals surface area (Å²) in [4.78, 5) is 14.5. The fraction of sp³-hybridized carbons (Fsp3) is 0.500. The van der Waals surface area contributed by atoms with E-state index in [1.165, 1.54) is 25.7 Å². The van der Waals surface area contributed by atoms with Crippen LogP contribution in [0.25, 0.3) is 11.2 Å². The summed E-state index contributed by atoms with van der Waals surface area (Å²) in [5.41, 5.74) is 1.85. The molecule has 2 aromatic rings. The molecule has 0 atom stereocenters. The van der Waals surface area contributed by atoms with Gasteiger partial charge in [-0.15, -0.1) is 0 Å². The van der Waals surface area contributed by atoms with Crippen LogP contribution in [-0.4, -0.2) is 28.0 Å². The molecular weight excluding hydrogens is 327 g/mol. The second-order valence-corrected chi connectivity index (χ2v) is 5.77. The van der Waals surface area contributed by atoms with Gasteiger partial charge in [0.05, 0.1) is 9.77 Å². The van der Waals surface area contributed by atoms with Crippen molar-refractivity contribution in [2.75, 3.05) is 11.9 Å². The minimum absolute atomic E-state index is 0.637. The smallest absolute Gasteiger partial charge is 0.157 e. The number of fused-ring (bicyclic) bond motifs is 1. The molecule has 0 amide bonds. The van der Waals surface area contributed by atoms with Crippen molar-refractivity contribution < 1.29 is 0 Å². The molecule has 17 heavy (non-hydrogen) atoms. The fourth-order valence-electron chi connectivity index (χ4n) is 2.50. The number of H-pyrrole nitrogens is 1. The quantitative estimate of drug-likeness (QED) is 0.854. The van der Waals surface area contributed by atoms with Gasteiger partial charge in [0.2, 0.25) is 0 Å². The topological polar surface area (TPSA) is 44.8 Å². The third-order valence-corrected chi connectivity index (χ3v) is 4.38. The third kappa shape index (κ3) is 2.00. The van der Waals surface area contributed by atoms with Crippen LogP contribution in [0.2, 0.25) is 0 Å². The lowest BCUT2D eigenvalue weighted by molar-refractivity contribution is 0.646. The first-order valence-electron chi connectivity index (χ1n) is 5.98. The van der Waals surface area contributed by atoms with Gasteiger partial charge in [0, 0.05) is 19.3 Å². The van der Waals surface area contributed by atoms with Gasteiger partial charge in [-0.05, 0) is 35.4 Å². The summed E-state index contributed by atoms with van der Waals surface area (Å²) >= 11 is 2.29. The van der Waals surface area contributed by atoms with Crippen molar-refractivity contribution in [3.8, 4) is 0 Å². The summed E-state index contributed by atoms with van der Waals surface area (Å²) < 4.78 is 1.13. The van der Waals surface area contributed by atoms with E-state index in [1.807, 2.05) is 12.4 Å². The van der Waals surface area contributed by atoms with Crippen molar-refractivity contribution in [2.24, 2.45) is 0 Å². The molecule has 1 aliphatic rings. The molecule has 1 saturated carbocycles. The van der Waals surface area contributed by atoms with Crippen molar-refractivity contribution in [3.05, 3.63) is 16.0 Å². The van der Waals surface area contributed by atoms with Crippen LogP contribution in [0.5, 0.6) is 0 Å². The predicted molar refractivity (Wildman–Crippen MR) is 77.3 cm³/mol. The Balaban J connectivity index is 1.96. The highest BCUT2D eigenvalue weighted by molar-refractivity contribution is 14.1. The molecule has 1 aliphatic carbocycles. The Labute approximate surface area is 114 Å². The second kappa shape index (κ2) is 4.44. The third-order valence-electron chi connectivity index (χ3n) is 3.56. The second-order valence-electron chi connectivity index (χ2n) is 4.61. The lowest BCUT2D eigenvalue weighted by atomic mass is 10.2. The average Bonchev–Trinajstić information content (AvgIpc) is 2.98. The van der Waals surface area contributed by atoms with Crippen LogP contribution in [0.4, 0.5) is 5.82 Å². The van der Waals surface area contributed by atoms with Crippen LogP contribution in [0.1, 0.15) is 25.7 Å². The molecule has 2 aromatic heterocycles. The van der Waals surface area contributed by atoms with Crippen LogP contribution in [0, 0.1) is 3.57 Å². The molecule has 0 unspecified atom stereocenters. The molecule has 0 bridgehead atoms. The number of nitrogens with one attached hydrogen (secondary N) is 1. The van der Waals surface area contributed by atoms with Crippen molar-refractivity contribution in [2.45, 2.75) is 31.7 Å².